The Labute approximate surface area is 92.7 Å². The molecule has 0 saturated heterocycles. The summed E-state index contributed by atoms with van der Waals surface area (Å²) in [6.45, 7) is 0. The minimum atomic E-state index is -1.40. The molecular weight excluding hydrogens is 377 g/mol. The third-order valence-electron chi connectivity index (χ3n) is 1.19. The maximum absolute atomic E-state index is 10.2. The summed E-state index contributed by atoms with van der Waals surface area (Å²) in [6.07, 6.45) is -1.33. The van der Waals surface area contributed by atoms with Gasteiger partial charge in [0.15, 0.2) is 0 Å². The minimum absolute atomic E-state index is 0. The molecule has 0 aliphatic heterocycles. The Kier molecular flexibility index (Phi) is 7.71. The van der Waals surface area contributed by atoms with Gasteiger partial charge < -0.3 is 15.3 Å². The summed E-state index contributed by atoms with van der Waals surface area (Å²) in [6, 6.07) is 0. The predicted octanol–water partition coefficient (Wildman–Crippen LogP) is -1.55. The number of carboxylic acid groups (broad SMARTS) is 3. The van der Waals surface area contributed by atoms with Crippen LogP contribution in [0.2, 0.25) is 0 Å². The molecule has 0 aromatic carbocycles. The van der Waals surface area contributed by atoms with Crippen LogP contribution in [0.3, 0.4) is 0 Å². The number of carboxylic acids is 3. The monoisotopic (exact) mass is 388 g/mol. The molecule has 0 aromatic heterocycles. The Morgan fingerprint density at radius 1 is 0.923 bits per heavy atom. The van der Waals surface area contributed by atoms with Gasteiger partial charge in [0.1, 0.15) is 0 Å². The molecule has 3 N–H and O–H groups in total. The van der Waals surface area contributed by atoms with E-state index in [2.05, 4.69) is 0 Å². The van der Waals surface area contributed by atoms with Crippen molar-refractivity contribution in [3.05, 3.63) is 0 Å². The van der Waals surface area contributed by atoms with E-state index in [-0.39, 0.29) is 26.2 Å². The van der Waals surface area contributed by atoms with Crippen molar-refractivity contribution in [3.63, 3.8) is 0 Å². The van der Waals surface area contributed by atoms with Crippen LogP contribution in [0, 0.1) is 5.92 Å². The third kappa shape index (κ3) is 7.65. The topological polar surface area (TPSA) is 112 Å². The normalized spacial score (nSPS) is 9.00. The van der Waals surface area contributed by atoms with Gasteiger partial charge in [-0.05, 0) is 0 Å². The van der Waals surface area contributed by atoms with Gasteiger partial charge in [0.05, 0.1) is 18.8 Å². The maximum atomic E-state index is 10.2. The van der Waals surface area contributed by atoms with Crippen LogP contribution in [0.1, 0.15) is 12.8 Å². The van der Waals surface area contributed by atoms with E-state index < -0.39 is 36.7 Å². The Balaban J connectivity index is 0. The summed E-state index contributed by atoms with van der Waals surface area (Å²) in [5, 5.41) is 24.7. The van der Waals surface area contributed by atoms with Crippen LogP contribution in [0.4, 0.5) is 0 Å². The molecule has 0 spiro atoms. The van der Waals surface area contributed by atoms with Crippen LogP contribution >= 0.6 is 0 Å². The van der Waals surface area contributed by atoms with E-state index in [0.29, 0.717) is 0 Å². The molecule has 0 atom stereocenters. The Morgan fingerprint density at radius 3 is 1.38 bits per heavy atom. The summed E-state index contributed by atoms with van der Waals surface area (Å²) in [5.41, 5.74) is 0. The molecule has 7 heteroatoms. The SMILES string of the molecule is O=C(O)CC(CC(=O)O)C(=O)O.[BiH3]. The summed E-state index contributed by atoms with van der Waals surface area (Å²) in [7, 11) is 0. The van der Waals surface area contributed by atoms with Crippen molar-refractivity contribution >= 4 is 44.1 Å². The molecule has 0 aromatic rings. The predicted molar refractivity (Wildman–Crippen MR) is 45.6 cm³/mol. The van der Waals surface area contributed by atoms with Crippen molar-refractivity contribution in [3.8, 4) is 0 Å². The molecule has 6 nitrogen and oxygen atoms in total. The molecule has 0 saturated carbocycles. The summed E-state index contributed by atoms with van der Waals surface area (Å²) < 4.78 is 0. The molecular formula is C6H11BiO6. The quantitative estimate of drug-likeness (QED) is 0.492. The Morgan fingerprint density at radius 2 is 1.23 bits per heavy atom. The summed E-state index contributed by atoms with van der Waals surface area (Å²) >= 11 is 0. The van der Waals surface area contributed by atoms with E-state index in [1.807, 2.05) is 0 Å². The van der Waals surface area contributed by atoms with E-state index in [1.54, 1.807) is 0 Å². The fourth-order valence-corrected chi connectivity index (χ4v) is 0.668. The van der Waals surface area contributed by atoms with E-state index in [0.717, 1.165) is 0 Å². The van der Waals surface area contributed by atoms with E-state index in [4.69, 9.17) is 15.3 Å². The van der Waals surface area contributed by atoms with E-state index in [9.17, 15) is 14.4 Å². The second kappa shape index (κ2) is 6.77. The van der Waals surface area contributed by atoms with Crippen LogP contribution in [0.5, 0.6) is 0 Å². The summed E-state index contributed by atoms with van der Waals surface area (Å²) in [4.78, 5) is 30.3. The second-order valence-corrected chi connectivity index (χ2v) is 2.23. The first-order valence-electron chi connectivity index (χ1n) is 3.10. The van der Waals surface area contributed by atoms with Gasteiger partial charge in [-0.15, -0.1) is 0 Å². The number of carbonyl (C=O) groups is 3. The van der Waals surface area contributed by atoms with Crippen molar-refractivity contribution in [2.45, 2.75) is 12.8 Å². The van der Waals surface area contributed by atoms with Gasteiger partial charge in [0.2, 0.25) is 0 Å². The van der Waals surface area contributed by atoms with Crippen molar-refractivity contribution < 1.29 is 29.7 Å². The van der Waals surface area contributed by atoms with Crippen LogP contribution in [0.25, 0.3) is 0 Å². The average molecular weight is 388 g/mol. The molecule has 0 unspecified atom stereocenters. The number of aliphatic carboxylic acids is 3. The van der Waals surface area contributed by atoms with Crippen molar-refractivity contribution in [1.29, 1.82) is 0 Å². The molecule has 13 heavy (non-hydrogen) atoms. The Hall–Kier alpha value is -0.707. The van der Waals surface area contributed by atoms with Gasteiger partial charge in [-0.2, -0.15) is 0 Å². The van der Waals surface area contributed by atoms with E-state index >= 15 is 0 Å². The fourth-order valence-electron chi connectivity index (χ4n) is 0.668. The fraction of sp³-hybridized carbons (Fsp3) is 0.500. The molecule has 0 amide bonds. The molecule has 0 radical (unpaired) electrons. The van der Waals surface area contributed by atoms with E-state index in [1.165, 1.54) is 0 Å². The molecule has 0 heterocycles. The molecule has 0 fully saturated rings. The van der Waals surface area contributed by atoms with Crippen LogP contribution in [-0.2, 0) is 14.4 Å². The molecule has 0 bridgehead atoms. The Bertz CT molecular complexity index is 197. The zero-order valence-electron chi connectivity index (χ0n) is 6.77. The van der Waals surface area contributed by atoms with Crippen molar-refractivity contribution in [1.82, 2.24) is 0 Å². The van der Waals surface area contributed by atoms with Gasteiger partial charge >= 0.3 is 44.1 Å². The molecule has 0 aliphatic rings. The summed E-state index contributed by atoms with van der Waals surface area (Å²) in [5.74, 6) is -5.38. The average Bonchev–Trinajstić information content (AvgIpc) is 1.83. The van der Waals surface area contributed by atoms with Gasteiger partial charge in [-0.1, -0.05) is 0 Å². The standard InChI is InChI=1S/C6H8O6.Bi.3H/c7-4(8)1-3(6(11)12)2-5(9)10;;;;/h3H,1-2H2,(H,7,8)(H,9,10)(H,11,12);;;;. The third-order valence-corrected chi connectivity index (χ3v) is 1.19. The zero-order valence-corrected chi connectivity index (χ0v) is 12.3. The number of hydrogen-bond donors (Lipinski definition) is 3. The number of rotatable bonds is 5. The zero-order chi connectivity index (χ0) is 9.72. The number of hydrogen-bond acceptors (Lipinski definition) is 3. The van der Waals surface area contributed by atoms with Crippen LogP contribution in [0.15, 0.2) is 0 Å². The molecule has 76 valence electrons. The first-order valence-corrected chi connectivity index (χ1v) is 3.10. The second-order valence-electron chi connectivity index (χ2n) is 2.23. The molecule has 0 rings (SSSR count). The van der Waals surface area contributed by atoms with Gasteiger partial charge in [0, 0.05) is 0 Å². The van der Waals surface area contributed by atoms with Crippen LogP contribution in [-0.4, -0.2) is 59.4 Å². The van der Waals surface area contributed by atoms with Gasteiger partial charge in [-0.3, -0.25) is 14.4 Å². The first kappa shape index (κ1) is 14.8. The van der Waals surface area contributed by atoms with Crippen molar-refractivity contribution in [2.24, 2.45) is 5.92 Å². The molecule has 0 aliphatic carbocycles. The van der Waals surface area contributed by atoms with Crippen molar-refractivity contribution in [2.75, 3.05) is 0 Å². The van der Waals surface area contributed by atoms with Crippen LogP contribution < -0.4 is 0 Å². The van der Waals surface area contributed by atoms with Gasteiger partial charge in [0.25, 0.3) is 0 Å². The van der Waals surface area contributed by atoms with Gasteiger partial charge in [-0.25, -0.2) is 0 Å². The first-order chi connectivity index (χ1) is 5.43.